The third kappa shape index (κ3) is 3.86. The SMILES string of the molecule is N#Cc1ccnc(N2CCN(C(=O)CCc3nc(-c4ccco4)no3)CC2)c1. The Bertz CT molecular complexity index is 983. The van der Waals surface area contributed by atoms with Gasteiger partial charge >= 0.3 is 0 Å². The monoisotopic (exact) mass is 378 g/mol. The Morgan fingerprint density at radius 3 is 2.86 bits per heavy atom. The summed E-state index contributed by atoms with van der Waals surface area (Å²) in [5.41, 5.74) is 0.581. The molecule has 142 valence electrons. The van der Waals surface area contributed by atoms with Crippen LogP contribution in [-0.4, -0.2) is 52.1 Å². The van der Waals surface area contributed by atoms with E-state index in [1.165, 1.54) is 0 Å². The van der Waals surface area contributed by atoms with Gasteiger partial charge in [-0.15, -0.1) is 0 Å². The van der Waals surface area contributed by atoms with Gasteiger partial charge in [-0.1, -0.05) is 5.16 Å². The molecule has 9 nitrogen and oxygen atoms in total. The van der Waals surface area contributed by atoms with E-state index in [2.05, 4.69) is 26.1 Å². The molecular formula is C19H18N6O3. The number of pyridine rings is 1. The summed E-state index contributed by atoms with van der Waals surface area (Å²) in [6.45, 7) is 2.57. The van der Waals surface area contributed by atoms with E-state index in [1.54, 1.807) is 36.7 Å². The molecule has 0 aromatic carbocycles. The zero-order valence-corrected chi connectivity index (χ0v) is 15.1. The predicted molar refractivity (Wildman–Crippen MR) is 98.1 cm³/mol. The number of piperazine rings is 1. The van der Waals surface area contributed by atoms with Crippen molar-refractivity contribution in [2.24, 2.45) is 0 Å². The van der Waals surface area contributed by atoms with Gasteiger partial charge < -0.3 is 18.7 Å². The minimum absolute atomic E-state index is 0.0520. The largest absolute Gasteiger partial charge is 0.461 e. The summed E-state index contributed by atoms with van der Waals surface area (Å²) in [5.74, 6) is 2.15. The number of anilines is 1. The van der Waals surface area contributed by atoms with Crippen LogP contribution in [0.5, 0.6) is 0 Å². The van der Waals surface area contributed by atoms with Crippen LogP contribution in [0, 0.1) is 11.3 Å². The summed E-state index contributed by atoms with van der Waals surface area (Å²) < 4.78 is 10.4. The lowest BCUT2D eigenvalue weighted by molar-refractivity contribution is -0.131. The molecule has 0 bridgehead atoms. The van der Waals surface area contributed by atoms with Crippen molar-refractivity contribution in [1.82, 2.24) is 20.0 Å². The number of amides is 1. The highest BCUT2D eigenvalue weighted by Gasteiger charge is 2.22. The van der Waals surface area contributed by atoms with E-state index >= 15 is 0 Å². The van der Waals surface area contributed by atoms with Crippen LogP contribution in [0.4, 0.5) is 5.82 Å². The molecule has 4 rings (SSSR count). The summed E-state index contributed by atoms with van der Waals surface area (Å²) >= 11 is 0. The fraction of sp³-hybridized carbons (Fsp3) is 0.316. The molecule has 3 aromatic heterocycles. The van der Waals surface area contributed by atoms with Gasteiger partial charge in [-0.2, -0.15) is 10.2 Å². The number of carbonyl (C=O) groups is 1. The van der Waals surface area contributed by atoms with E-state index < -0.39 is 0 Å². The van der Waals surface area contributed by atoms with Crippen molar-refractivity contribution < 1.29 is 13.7 Å². The number of hydrogen-bond donors (Lipinski definition) is 0. The number of nitriles is 1. The molecule has 1 saturated heterocycles. The molecule has 1 fully saturated rings. The third-order valence-corrected chi connectivity index (χ3v) is 4.59. The van der Waals surface area contributed by atoms with Gasteiger partial charge in [-0.25, -0.2) is 4.98 Å². The highest BCUT2D eigenvalue weighted by Crippen LogP contribution is 2.18. The number of hydrogen-bond acceptors (Lipinski definition) is 8. The second kappa shape index (κ2) is 7.92. The number of aromatic nitrogens is 3. The fourth-order valence-corrected chi connectivity index (χ4v) is 3.08. The minimum atomic E-state index is 0.0520. The Morgan fingerprint density at radius 2 is 2.11 bits per heavy atom. The summed E-state index contributed by atoms with van der Waals surface area (Å²) in [7, 11) is 0. The quantitative estimate of drug-likeness (QED) is 0.661. The lowest BCUT2D eigenvalue weighted by atomic mass is 10.2. The van der Waals surface area contributed by atoms with Gasteiger partial charge in [0.1, 0.15) is 5.82 Å². The first-order chi connectivity index (χ1) is 13.7. The molecule has 9 heteroatoms. The van der Waals surface area contributed by atoms with E-state index in [0.29, 0.717) is 62.1 Å². The number of nitrogens with zero attached hydrogens (tertiary/aromatic N) is 6. The maximum atomic E-state index is 12.5. The van der Waals surface area contributed by atoms with Crippen molar-refractivity contribution in [1.29, 1.82) is 5.26 Å². The molecule has 0 atom stereocenters. The first-order valence-electron chi connectivity index (χ1n) is 8.98. The second-order valence-electron chi connectivity index (χ2n) is 6.37. The summed E-state index contributed by atoms with van der Waals surface area (Å²) in [6, 6.07) is 9.07. The zero-order chi connectivity index (χ0) is 19.3. The van der Waals surface area contributed by atoms with Crippen LogP contribution in [0.15, 0.2) is 45.7 Å². The van der Waals surface area contributed by atoms with E-state index in [0.717, 1.165) is 5.82 Å². The van der Waals surface area contributed by atoms with Crippen molar-refractivity contribution in [3.05, 3.63) is 48.2 Å². The average Bonchev–Trinajstić information content (AvgIpc) is 3.44. The van der Waals surface area contributed by atoms with Gasteiger partial charge in [0, 0.05) is 45.2 Å². The molecule has 4 heterocycles. The van der Waals surface area contributed by atoms with E-state index in [4.69, 9.17) is 14.2 Å². The van der Waals surface area contributed by atoms with E-state index in [1.807, 2.05) is 4.90 Å². The van der Waals surface area contributed by atoms with E-state index in [-0.39, 0.29) is 5.91 Å². The highest BCUT2D eigenvalue weighted by atomic mass is 16.5. The van der Waals surface area contributed by atoms with Gasteiger partial charge in [0.2, 0.25) is 17.6 Å². The average molecular weight is 378 g/mol. The number of furan rings is 1. The van der Waals surface area contributed by atoms with Crippen molar-refractivity contribution >= 4 is 11.7 Å². The normalized spacial score (nSPS) is 14.1. The topological polar surface area (TPSA) is 112 Å². The molecule has 0 spiro atoms. The standard InChI is InChI=1S/C19H18N6O3/c20-13-14-5-6-21-16(12-14)24-7-9-25(10-8-24)18(26)4-3-17-22-19(23-28-17)15-2-1-11-27-15/h1-2,5-6,11-12H,3-4,7-10H2. The Balaban J connectivity index is 1.28. The van der Waals surface area contributed by atoms with Crippen LogP contribution in [0.25, 0.3) is 11.6 Å². The molecule has 1 amide bonds. The molecule has 0 aliphatic carbocycles. The third-order valence-electron chi connectivity index (χ3n) is 4.59. The predicted octanol–water partition coefficient (Wildman–Crippen LogP) is 1.88. The molecule has 0 radical (unpaired) electrons. The second-order valence-corrected chi connectivity index (χ2v) is 6.37. The lowest BCUT2D eigenvalue weighted by Gasteiger charge is -2.35. The van der Waals surface area contributed by atoms with Crippen LogP contribution in [-0.2, 0) is 11.2 Å². The number of aryl methyl sites for hydroxylation is 1. The van der Waals surface area contributed by atoms with Gasteiger partial charge in [-0.3, -0.25) is 4.79 Å². The van der Waals surface area contributed by atoms with Crippen molar-refractivity contribution in [2.45, 2.75) is 12.8 Å². The minimum Gasteiger partial charge on any atom is -0.461 e. The molecule has 1 aliphatic rings. The molecular weight excluding hydrogens is 360 g/mol. The Hall–Kier alpha value is -3.67. The fourth-order valence-electron chi connectivity index (χ4n) is 3.08. The maximum absolute atomic E-state index is 12.5. The van der Waals surface area contributed by atoms with Crippen molar-refractivity contribution in [3.8, 4) is 17.7 Å². The zero-order valence-electron chi connectivity index (χ0n) is 15.1. The Morgan fingerprint density at radius 1 is 1.25 bits per heavy atom. The van der Waals surface area contributed by atoms with Crippen LogP contribution in [0.1, 0.15) is 17.9 Å². The van der Waals surface area contributed by atoms with Gasteiger partial charge in [0.25, 0.3) is 0 Å². The molecule has 3 aromatic rings. The summed E-state index contributed by atoms with van der Waals surface area (Å²) in [5, 5.41) is 12.9. The first kappa shape index (κ1) is 17.7. The molecule has 0 unspecified atom stereocenters. The Labute approximate surface area is 161 Å². The molecule has 0 saturated carbocycles. The highest BCUT2D eigenvalue weighted by molar-refractivity contribution is 5.76. The Kier molecular flexibility index (Phi) is 5.01. The lowest BCUT2D eigenvalue weighted by Crippen LogP contribution is -2.49. The molecule has 28 heavy (non-hydrogen) atoms. The first-order valence-corrected chi connectivity index (χ1v) is 8.98. The van der Waals surface area contributed by atoms with Gasteiger partial charge in [0.15, 0.2) is 5.76 Å². The smallest absolute Gasteiger partial charge is 0.238 e. The summed E-state index contributed by atoms with van der Waals surface area (Å²) in [4.78, 5) is 25.0. The van der Waals surface area contributed by atoms with Crippen molar-refractivity contribution in [3.63, 3.8) is 0 Å². The van der Waals surface area contributed by atoms with Crippen LogP contribution in [0.3, 0.4) is 0 Å². The number of rotatable bonds is 5. The van der Waals surface area contributed by atoms with Crippen LogP contribution < -0.4 is 4.90 Å². The maximum Gasteiger partial charge on any atom is 0.238 e. The van der Waals surface area contributed by atoms with Gasteiger partial charge in [-0.05, 0) is 24.3 Å². The number of carbonyl (C=O) groups excluding carboxylic acids is 1. The molecule has 1 aliphatic heterocycles. The van der Waals surface area contributed by atoms with Crippen LogP contribution >= 0.6 is 0 Å². The van der Waals surface area contributed by atoms with Gasteiger partial charge in [0.05, 0.1) is 17.9 Å². The van der Waals surface area contributed by atoms with E-state index in [9.17, 15) is 4.79 Å². The van der Waals surface area contributed by atoms with Crippen molar-refractivity contribution in [2.75, 3.05) is 31.1 Å². The summed E-state index contributed by atoms with van der Waals surface area (Å²) in [6.07, 6.45) is 3.87. The molecule has 0 N–H and O–H groups in total. The van der Waals surface area contributed by atoms with Crippen LogP contribution in [0.2, 0.25) is 0 Å².